The highest BCUT2D eigenvalue weighted by molar-refractivity contribution is 7.92. The number of halogens is 1. The summed E-state index contributed by atoms with van der Waals surface area (Å²) in [6.45, 7) is 1.90. The van der Waals surface area contributed by atoms with Crippen molar-refractivity contribution in [1.82, 2.24) is 10.2 Å². The predicted molar refractivity (Wildman–Crippen MR) is 51.9 cm³/mol. The molecule has 0 fully saturated rings. The van der Waals surface area contributed by atoms with Crippen LogP contribution in [-0.4, -0.2) is 24.9 Å². The molecule has 0 bridgehead atoms. The highest BCUT2D eigenvalue weighted by atomic mass is 35.5. The first-order valence-electron chi connectivity index (χ1n) is 3.62. The van der Waals surface area contributed by atoms with Crippen molar-refractivity contribution in [2.75, 3.05) is 6.26 Å². The molecule has 4 nitrogen and oxygen atoms in total. The van der Waals surface area contributed by atoms with Crippen LogP contribution < -0.4 is 0 Å². The van der Waals surface area contributed by atoms with Gasteiger partial charge in [0, 0.05) is 6.26 Å². The van der Waals surface area contributed by atoms with Crippen LogP contribution in [0.15, 0.2) is 4.34 Å². The van der Waals surface area contributed by atoms with Gasteiger partial charge < -0.3 is 0 Å². The minimum atomic E-state index is -3.24. The molecule has 0 spiro atoms. The lowest BCUT2D eigenvalue weighted by atomic mass is 10.3. The van der Waals surface area contributed by atoms with Gasteiger partial charge in [0.25, 0.3) is 0 Å². The number of rotatable bonds is 3. The molecule has 0 saturated carbocycles. The number of sulfone groups is 1. The van der Waals surface area contributed by atoms with Crippen molar-refractivity contribution in [3.63, 3.8) is 0 Å². The van der Waals surface area contributed by atoms with E-state index in [0.29, 0.717) is 11.4 Å². The highest BCUT2D eigenvalue weighted by Gasteiger charge is 2.17. The molecule has 0 aromatic carbocycles. The van der Waals surface area contributed by atoms with Gasteiger partial charge >= 0.3 is 0 Å². The molecule has 1 atom stereocenters. The summed E-state index contributed by atoms with van der Waals surface area (Å²) >= 11 is 6.90. The van der Waals surface area contributed by atoms with Gasteiger partial charge in [-0.25, -0.2) is 8.42 Å². The van der Waals surface area contributed by atoms with Crippen LogP contribution in [0.1, 0.15) is 23.7 Å². The molecule has 1 rings (SSSR count). The lowest BCUT2D eigenvalue weighted by Crippen LogP contribution is -1.95. The van der Waals surface area contributed by atoms with E-state index in [2.05, 4.69) is 10.2 Å². The zero-order valence-corrected chi connectivity index (χ0v) is 9.58. The van der Waals surface area contributed by atoms with Crippen molar-refractivity contribution in [2.45, 2.75) is 23.1 Å². The first-order chi connectivity index (χ1) is 5.95. The average molecular weight is 241 g/mol. The van der Waals surface area contributed by atoms with Gasteiger partial charge in [-0.1, -0.05) is 18.3 Å². The molecule has 7 heteroatoms. The lowest BCUT2D eigenvalue weighted by molar-refractivity contribution is 0.600. The Hall–Kier alpha value is -0.200. The van der Waals surface area contributed by atoms with Crippen LogP contribution in [0, 0.1) is 0 Å². The minimum Gasteiger partial charge on any atom is -0.221 e. The minimum absolute atomic E-state index is 0.0293. The van der Waals surface area contributed by atoms with Crippen LogP contribution in [-0.2, 0) is 9.84 Å². The molecule has 1 aromatic rings. The maximum atomic E-state index is 11.0. The fraction of sp³-hybridized carbons (Fsp3) is 0.667. The average Bonchev–Trinajstić information content (AvgIpc) is 2.50. The number of aromatic nitrogens is 2. The Balaban J connectivity index is 3.00. The Morgan fingerprint density at radius 2 is 2.15 bits per heavy atom. The second-order valence-corrected chi connectivity index (χ2v) is 6.28. The second kappa shape index (κ2) is 3.89. The van der Waals surface area contributed by atoms with Gasteiger partial charge in [-0.3, -0.25) is 0 Å². The Morgan fingerprint density at radius 1 is 1.54 bits per heavy atom. The normalized spacial score (nSPS) is 14.4. The topological polar surface area (TPSA) is 59.9 Å². The van der Waals surface area contributed by atoms with E-state index in [1.54, 1.807) is 0 Å². The van der Waals surface area contributed by atoms with Gasteiger partial charge in [0.15, 0.2) is 0 Å². The molecule has 0 N–H and O–H groups in total. The smallest absolute Gasteiger partial charge is 0.221 e. The largest absolute Gasteiger partial charge is 0.232 e. The summed E-state index contributed by atoms with van der Waals surface area (Å²) in [5.74, 6) is 0. The van der Waals surface area contributed by atoms with Crippen LogP contribution in [0.5, 0.6) is 0 Å². The molecule has 1 aromatic heterocycles. The Labute approximate surface area is 85.9 Å². The quantitative estimate of drug-likeness (QED) is 0.754. The van der Waals surface area contributed by atoms with E-state index in [9.17, 15) is 8.42 Å². The summed E-state index contributed by atoms with van der Waals surface area (Å²) < 4.78 is 22.1. The highest BCUT2D eigenvalue weighted by Crippen LogP contribution is 2.27. The van der Waals surface area contributed by atoms with Crippen LogP contribution >= 0.6 is 22.9 Å². The molecule has 0 aliphatic heterocycles. The van der Waals surface area contributed by atoms with Crippen LogP contribution in [0.4, 0.5) is 0 Å². The van der Waals surface area contributed by atoms with Gasteiger partial charge in [0.1, 0.15) is 5.01 Å². The van der Waals surface area contributed by atoms with E-state index in [0.717, 1.165) is 17.6 Å². The van der Waals surface area contributed by atoms with Crippen molar-refractivity contribution in [1.29, 1.82) is 0 Å². The van der Waals surface area contributed by atoms with E-state index < -0.39 is 9.84 Å². The molecule has 74 valence electrons. The molecule has 0 amide bonds. The molecule has 13 heavy (non-hydrogen) atoms. The van der Waals surface area contributed by atoms with Crippen molar-refractivity contribution in [2.24, 2.45) is 0 Å². The third-order valence-corrected chi connectivity index (χ3v) is 4.72. The van der Waals surface area contributed by atoms with Gasteiger partial charge in [0.05, 0.1) is 5.38 Å². The molecule has 1 heterocycles. The van der Waals surface area contributed by atoms with Crippen LogP contribution in [0.2, 0.25) is 0 Å². The molecular formula is C6H9ClN2O2S2. The summed E-state index contributed by atoms with van der Waals surface area (Å²) in [6, 6.07) is 0. The van der Waals surface area contributed by atoms with Crippen molar-refractivity contribution in [3.05, 3.63) is 5.01 Å². The molecule has 0 radical (unpaired) electrons. The van der Waals surface area contributed by atoms with E-state index in [-0.39, 0.29) is 9.72 Å². The molecule has 0 aliphatic carbocycles. The molecule has 1 unspecified atom stereocenters. The molecular weight excluding hydrogens is 232 g/mol. The Kier molecular flexibility index (Phi) is 3.26. The Bertz CT molecular complexity index is 387. The maximum Gasteiger partial charge on any atom is 0.232 e. The monoisotopic (exact) mass is 240 g/mol. The zero-order chi connectivity index (χ0) is 10.1. The van der Waals surface area contributed by atoms with Crippen molar-refractivity contribution < 1.29 is 8.42 Å². The Morgan fingerprint density at radius 3 is 2.54 bits per heavy atom. The summed E-state index contributed by atoms with van der Waals surface area (Å²) in [5, 5.41) is 7.58. The zero-order valence-electron chi connectivity index (χ0n) is 7.19. The summed E-state index contributed by atoms with van der Waals surface area (Å²) in [7, 11) is -3.24. The van der Waals surface area contributed by atoms with Gasteiger partial charge in [0.2, 0.25) is 14.2 Å². The summed E-state index contributed by atoms with van der Waals surface area (Å²) in [5.41, 5.74) is 0. The fourth-order valence-corrected chi connectivity index (χ4v) is 2.54. The SMILES string of the molecule is CCC(Cl)c1nnc(S(C)(=O)=O)s1. The van der Waals surface area contributed by atoms with E-state index in [1.165, 1.54) is 0 Å². The number of alkyl halides is 1. The van der Waals surface area contributed by atoms with Gasteiger partial charge in [-0.15, -0.1) is 21.8 Å². The first-order valence-corrected chi connectivity index (χ1v) is 6.77. The third-order valence-electron chi connectivity index (χ3n) is 1.37. The number of nitrogens with zero attached hydrogens (tertiary/aromatic N) is 2. The summed E-state index contributed by atoms with van der Waals surface area (Å²) in [4.78, 5) is 0. The molecule has 0 aliphatic rings. The number of hydrogen-bond donors (Lipinski definition) is 0. The van der Waals surface area contributed by atoms with E-state index in [1.807, 2.05) is 6.92 Å². The van der Waals surface area contributed by atoms with Crippen molar-refractivity contribution in [3.8, 4) is 0 Å². The van der Waals surface area contributed by atoms with Crippen LogP contribution in [0.25, 0.3) is 0 Å². The maximum absolute atomic E-state index is 11.0. The van der Waals surface area contributed by atoms with Crippen LogP contribution in [0.3, 0.4) is 0 Å². The van der Waals surface area contributed by atoms with E-state index >= 15 is 0 Å². The van der Waals surface area contributed by atoms with Crippen molar-refractivity contribution >= 4 is 32.8 Å². The predicted octanol–water partition coefficient (Wildman–Crippen LogP) is 1.63. The van der Waals surface area contributed by atoms with Gasteiger partial charge in [-0.05, 0) is 6.42 Å². The standard InChI is InChI=1S/C6H9ClN2O2S2/c1-3-4(7)5-8-9-6(12-5)13(2,10)11/h4H,3H2,1-2H3. The lowest BCUT2D eigenvalue weighted by Gasteiger charge is -1.97. The first kappa shape index (κ1) is 10.9. The summed E-state index contributed by atoms with van der Waals surface area (Å²) in [6.07, 6.45) is 1.81. The number of hydrogen-bond acceptors (Lipinski definition) is 5. The van der Waals surface area contributed by atoms with E-state index in [4.69, 9.17) is 11.6 Å². The third kappa shape index (κ3) is 2.62. The van der Waals surface area contributed by atoms with Gasteiger partial charge in [-0.2, -0.15) is 0 Å². The fourth-order valence-electron chi connectivity index (χ4n) is 0.671. The molecule has 0 saturated heterocycles. The second-order valence-electron chi connectivity index (χ2n) is 2.55.